The SMILES string of the molecule is CC1(C)CCC2(Cc3ccc(Cl)cc3)OC2C1. The molecule has 1 nitrogen and oxygen atoms in total. The molecule has 17 heavy (non-hydrogen) atoms. The molecule has 1 heterocycles. The fourth-order valence-electron chi connectivity index (χ4n) is 3.04. The molecule has 92 valence electrons. The van der Waals surface area contributed by atoms with Gasteiger partial charge in [0.05, 0.1) is 11.7 Å². The molecule has 2 heteroatoms. The summed E-state index contributed by atoms with van der Waals surface area (Å²) in [5.41, 5.74) is 1.96. The summed E-state index contributed by atoms with van der Waals surface area (Å²) in [7, 11) is 0. The molecular formula is C15H19ClO. The first kappa shape index (κ1) is 11.6. The molecule has 2 unspecified atom stereocenters. The molecule has 1 saturated carbocycles. The molecule has 0 spiro atoms. The van der Waals surface area contributed by atoms with E-state index >= 15 is 0 Å². The molecule has 0 bridgehead atoms. The lowest BCUT2D eigenvalue weighted by Crippen LogP contribution is -2.30. The Labute approximate surface area is 108 Å². The maximum Gasteiger partial charge on any atom is 0.0988 e. The molecule has 0 N–H and O–H groups in total. The number of fused-ring (bicyclic) bond motifs is 1. The second kappa shape index (κ2) is 3.73. The third kappa shape index (κ3) is 2.23. The van der Waals surface area contributed by atoms with E-state index in [9.17, 15) is 0 Å². The molecule has 0 aromatic heterocycles. The van der Waals surface area contributed by atoms with E-state index in [0.29, 0.717) is 11.5 Å². The van der Waals surface area contributed by atoms with Crippen molar-refractivity contribution in [1.29, 1.82) is 0 Å². The number of rotatable bonds is 2. The Bertz CT molecular complexity index is 423. The highest BCUT2D eigenvalue weighted by atomic mass is 35.5. The molecular weight excluding hydrogens is 232 g/mol. The topological polar surface area (TPSA) is 12.5 Å². The Balaban J connectivity index is 1.70. The quantitative estimate of drug-likeness (QED) is 0.716. The molecule has 1 aromatic carbocycles. The highest BCUT2D eigenvalue weighted by Crippen LogP contribution is 2.55. The van der Waals surface area contributed by atoms with E-state index in [2.05, 4.69) is 26.0 Å². The van der Waals surface area contributed by atoms with Crippen LogP contribution in [0.15, 0.2) is 24.3 Å². The summed E-state index contributed by atoms with van der Waals surface area (Å²) in [4.78, 5) is 0. The standard InChI is InChI=1S/C15H19ClO/c1-14(2)7-8-15(13(10-14)17-15)9-11-3-5-12(16)6-4-11/h3-6,13H,7-10H2,1-2H3. The van der Waals surface area contributed by atoms with Crippen molar-refractivity contribution in [3.05, 3.63) is 34.9 Å². The van der Waals surface area contributed by atoms with Crippen molar-refractivity contribution in [3.63, 3.8) is 0 Å². The van der Waals surface area contributed by atoms with E-state index in [-0.39, 0.29) is 5.60 Å². The van der Waals surface area contributed by atoms with Crippen LogP contribution in [0.2, 0.25) is 5.02 Å². The van der Waals surface area contributed by atoms with Crippen LogP contribution in [-0.4, -0.2) is 11.7 Å². The minimum absolute atomic E-state index is 0.156. The fraction of sp³-hybridized carbons (Fsp3) is 0.600. The van der Waals surface area contributed by atoms with Gasteiger partial charge in [0.25, 0.3) is 0 Å². The Morgan fingerprint density at radius 1 is 1.24 bits per heavy atom. The van der Waals surface area contributed by atoms with Crippen LogP contribution < -0.4 is 0 Å². The lowest BCUT2D eigenvalue weighted by Gasteiger charge is -2.30. The van der Waals surface area contributed by atoms with Crippen molar-refractivity contribution in [1.82, 2.24) is 0 Å². The Kier molecular flexibility index (Phi) is 2.53. The van der Waals surface area contributed by atoms with Gasteiger partial charge >= 0.3 is 0 Å². The second-order valence-electron chi connectivity index (χ2n) is 6.34. The van der Waals surface area contributed by atoms with Gasteiger partial charge in [0.2, 0.25) is 0 Å². The Morgan fingerprint density at radius 2 is 1.94 bits per heavy atom. The fourth-order valence-corrected chi connectivity index (χ4v) is 3.17. The van der Waals surface area contributed by atoms with Gasteiger partial charge in [-0.25, -0.2) is 0 Å². The zero-order chi connectivity index (χ0) is 12.1. The van der Waals surface area contributed by atoms with E-state index in [4.69, 9.17) is 16.3 Å². The van der Waals surface area contributed by atoms with Crippen molar-refractivity contribution in [2.24, 2.45) is 5.41 Å². The zero-order valence-electron chi connectivity index (χ0n) is 10.5. The lowest BCUT2D eigenvalue weighted by molar-refractivity contribution is 0.235. The van der Waals surface area contributed by atoms with Gasteiger partial charge < -0.3 is 4.74 Å². The largest absolute Gasteiger partial charge is 0.366 e. The van der Waals surface area contributed by atoms with Crippen LogP contribution in [0.5, 0.6) is 0 Å². The number of halogens is 1. The molecule has 2 aliphatic rings. The predicted molar refractivity (Wildman–Crippen MR) is 70.4 cm³/mol. The average Bonchev–Trinajstić information content (AvgIpc) is 2.93. The maximum atomic E-state index is 6.00. The van der Waals surface area contributed by atoms with Crippen LogP contribution in [0.25, 0.3) is 0 Å². The smallest absolute Gasteiger partial charge is 0.0988 e. The van der Waals surface area contributed by atoms with Crippen molar-refractivity contribution >= 4 is 11.6 Å². The normalized spacial score (nSPS) is 34.2. The van der Waals surface area contributed by atoms with Gasteiger partial charge in [-0.15, -0.1) is 0 Å². The molecule has 3 rings (SSSR count). The maximum absolute atomic E-state index is 6.00. The Morgan fingerprint density at radius 3 is 2.59 bits per heavy atom. The molecule has 0 amide bonds. The molecule has 1 aromatic rings. The summed E-state index contributed by atoms with van der Waals surface area (Å²) < 4.78 is 6.00. The average molecular weight is 251 g/mol. The van der Waals surface area contributed by atoms with Gasteiger partial charge in [0, 0.05) is 11.4 Å². The van der Waals surface area contributed by atoms with Crippen LogP contribution in [0, 0.1) is 5.41 Å². The number of ether oxygens (including phenoxy) is 1. The molecule has 1 saturated heterocycles. The number of epoxide rings is 1. The van der Waals surface area contributed by atoms with Gasteiger partial charge in [-0.3, -0.25) is 0 Å². The van der Waals surface area contributed by atoms with Crippen molar-refractivity contribution in [2.45, 2.75) is 51.2 Å². The van der Waals surface area contributed by atoms with Crippen LogP contribution in [0.3, 0.4) is 0 Å². The highest BCUT2D eigenvalue weighted by Gasteiger charge is 2.60. The summed E-state index contributed by atoms with van der Waals surface area (Å²) in [6.45, 7) is 4.70. The Hall–Kier alpha value is -0.530. The first-order valence-electron chi connectivity index (χ1n) is 6.41. The minimum Gasteiger partial charge on any atom is -0.366 e. The predicted octanol–water partition coefficient (Wildman–Crippen LogP) is 4.23. The molecule has 1 aliphatic heterocycles. The minimum atomic E-state index is 0.156. The summed E-state index contributed by atoms with van der Waals surface area (Å²) >= 11 is 5.91. The molecule has 0 radical (unpaired) electrons. The van der Waals surface area contributed by atoms with Crippen LogP contribution in [0.1, 0.15) is 38.7 Å². The van der Waals surface area contributed by atoms with Crippen LogP contribution >= 0.6 is 11.6 Å². The van der Waals surface area contributed by atoms with Gasteiger partial charge in [-0.1, -0.05) is 37.6 Å². The first-order valence-corrected chi connectivity index (χ1v) is 6.79. The number of hydrogen-bond donors (Lipinski definition) is 0. The number of benzene rings is 1. The summed E-state index contributed by atoms with van der Waals surface area (Å²) in [6.07, 6.45) is 5.22. The zero-order valence-corrected chi connectivity index (χ0v) is 11.3. The van der Waals surface area contributed by atoms with E-state index in [1.165, 1.54) is 24.8 Å². The first-order chi connectivity index (χ1) is 7.99. The van der Waals surface area contributed by atoms with Gasteiger partial charge in [0.15, 0.2) is 0 Å². The second-order valence-corrected chi connectivity index (χ2v) is 6.78. The lowest BCUT2D eigenvalue weighted by atomic mass is 9.72. The van der Waals surface area contributed by atoms with E-state index in [1.54, 1.807) is 0 Å². The summed E-state index contributed by atoms with van der Waals surface area (Å²) in [5, 5.41) is 0.810. The van der Waals surface area contributed by atoms with E-state index in [1.807, 2.05) is 12.1 Å². The van der Waals surface area contributed by atoms with E-state index in [0.717, 1.165) is 11.4 Å². The molecule has 2 atom stereocenters. The summed E-state index contributed by atoms with van der Waals surface area (Å²) in [6, 6.07) is 8.18. The highest BCUT2D eigenvalue weighted by molar-refractivity contribution is 6.30. The summed E-state index contributed by atoms with van der Waals surface area (Å²) in [5.74, 6) is 0. The third-order valence-electron chi connectivity index (χ3n) is 4.29. The van der Waals surface area contributed by atoms with Crippen LogP contribution in [0.4, 0.5) is 0 Å². The molecule has 2 fully saturated rings. The van der Waals surface area contributed by atoms with Gasteiger partial charge in [0.1, 0.15) is 0 Å². The van der Waals surface area contributed by atoms with Crippen molar-refractivity contribution in [3.8, 4) is 0 Å². The van der Waals surface area contributed by atoms with Crippen molar-refractivity contribution < 1.29 is 4.74 Å². The third-order valence-corrected chi connectivity index (χ3v) is 4.54. The monoisotopic (exact) mass is 250 g/mol. The number of hydrogen-bond acceptors (Lipinski definition) is 1. The molecule has 1 aliphatic carbocycles. The van der Waals surface area contributed by atoms with Crippen molar-refractivity contribution in [2.75, 3.05) is 0 Å². The van der Waals surface area contributed by atoms with E-state index < -0.39 is 0 Å². The van der Waals surface area contributed by atoms with Crippen LogP contribution in [-0.2, 0) is 11.2 Å². The van der Waals surface area contributed by atoms with Gasteiger partial charge in [-0.2, -0.15) is 0 Å². The van der Waals surface area contributed by atoms with Gasteiger partial charge in [-0.05, 0) is 42.4 Å².